The van der Waals surface area contributed by atoms with Gasteiger partial charge in [0.05, 0.1) is 14.2 Å². The first kappa shape index (κ1) is 18.2. The number of benzene rings is 2. The minimum atomic E-state index is -0.801. The van der Waals surface area contributed by atoms with E-state index in [1.54, 1.807) is 28.4 Å². The molecule has 0 N–H and O–H groups in total. The minimum Gasteiger partial charge on any atom is -0.493 e. The average molecular weight is 352 g/mol. The van der Waals surface area contributed by atoms with Crippen molar-refractivity contribution in [2.75, 3.05) is 28.4 Å². The molecule has 2 aromatic rings. The summed E-state index contributed by atoms with van der Waals surface area (Å²) in [5, 5.41) is 0. The van der Waals surface area contributed by atoms with Gasteiger partial charge in [-0.05, 0) is 11.6 Å². The molecule has 0 radical (unpaired) electrons. The highest BCUT2D eigenvalue weighted by molar-refractivity contribution is 5.82. The van der Waals surface area contributed by atoms with Gasteiger partial charge in [-0.2, -0.15) is 0 Å². The lowest BCUT2D eigenvalue weighted by molar-refractivity contribution is -0.0635. The van der Waals surface area contributed by atoms with E-state index >= 15 is 0 Å². The predicted octanol–water partition coefficient (Wildman–Crippen LogP) is 4.21. The Kier molecular flexibility index (Phi) is 5.45. The van der Waals surface area contributed by atoms with E-state index in [-0.39, 0.29) is 6.10 Å². The van der Waals surface area contributed by atoms with Crippen LogP contribution in [0.4, 0.5) is 0 Å². The van der Waals surface area contributed by atoms with Crippen molar-refractivity contribution in [1.29, 1.82) is 0 Å². The summed E-state index contributed by atoms with van der Waals surface area (Å²) < 4.78 is 23.1. The summed E-state index contributed by atoms with van der Waals surface area (Å²) in [6.07, 6.45) is 5.75. The lowest BCUT2D eigenvalue weighted by Crippen LogP contribution is -2.44. The Bertz CT molecular complexity index is 810. The van der Waals surface area contributed by atoms with E-state index in [0.717, 1.165) is 16.7 Å². The van der Waals surface area contributed by atoms with Crippen molar-refractivity contribution < 1.29 is 18.9 Å². The Morgan fingerprint density at radius 2 is 1.62 bits per heavy atom. The van der Waals surface area contributed by atoms with Crippen LogP contribution in [0, 0.1) is 0 Å². The maximum atomic E-state index is 6.17. The van der Waals surface area contributed by atoms with E-state index in [1.165, 1.54) is 0 Å². The van der Waals surface area contributed by atoms with Gasteiger partial charge >= 0.3 is 0 Å². The third-order valence-corrected chi connectivity index (χ3v) is 4.82. The van der Waals surface area contributed by atoms with Crippen LogP contribution in [0.25, 0.3) is 5.57 Å². The maximum absolute atomic E-state index is 6.17. The predicted molar refractivity (Wildman–Crippen MR) is 103 cm³/mol. The smallest absolute Gasteiger partial charge is 0.168 e. The number of ether oxygens (including phenoxy) is 4. The quantitative estimate of drug-likeness (QED) is 0.780. The van der Waals surface area contributed by atoms with Crippen LogP contribution in [-0.2, 0) is 15.1 Å². The van der Waals surface area contributed by atoms with Gasteiger partial charge in [0.25, 0.3) is 0 Å². The second kappa shape index (κ2) is 7.77. The van der Waals surface area contributed by atoms with Gasteiger partial charge in [0, 0.05) is 25.4 Å². The molecule has 0 heterocycles. The molecule has 0 fully saturated rings. The van der Waals surface area contributed by atoms with Crippen LogP contribution in [-0.4, -0.2) is 34.5 Å². The minimum absolute atomic E-state index is 0.286. The number of para-hydroxylation sites is 1. The first-order chi connectivity index (χ1) is 12.7. The number of rotatable bonds is 6. The van der Waals surface area contributed by atoms with Crippen LogP contribution >= 0.6 is 0 Å². The monoisotopic (exact) mass is 352 g/mol. The molecule has 0 aliphatic heterocycles. The summed E-state index contributed by atoms with van der Waals surface area (Å²) in [7, 11) is 6.68. The van der Waals surface area contributed by atoms with E-state index < -0.39 is 5.60 Å². The molecule has 26 heavy (non-hydrogen) atoms. The second-order valence-electron chi connectivity index (χ2n) is 5.97. The molecule has 2 aromatic carbocycles. The highest BCUT2D eigenvalue weighted by Crippen LogP contribution is 2.49. The molecule has 0 amide bonds. The molecule has 4 heteroatoms. The standard InChI is InChI=1S/C22H24O4/c1-23-19-14-8-12-17(21(19)25-3)18-13-9-15-20(24-2)22(18,26-4)16-10-6-5-7-11-16/h5-15,20H,1-4H3. The number of hydrogen-bond donors (Lipinski definition) is 0. The molecule has 3 rings (SSSR count). The molecule has 0 aromatic heterocycles. The van der Waals surface area contributed by atoms with Crippen molar-refractivity contribution in [3.8, 4) is 11.5 Å². The molecule has 0 saturated heterocycles. The fourth-order valence-electron chi connectivity index (χ4n) is 3.65. The molecule has 0 bridgehead atoms. The summed E-state index contributed by atoms with van der Waals surface area (Å²) in [6.45, 7) is 0. The van der Waals surface area contributed by atoms with Gasteiger partial charge in [0.15, 0.2) is 11.5 Å². The van der Waals surface area contributed by atoms with Gasteiger partial charge < -0.3 is 18.9 Å². The lowest BCUT2D eigenvalue weighted by Gasteiger charge is -2.42. The normalized spacial score (nSPS) is 22.0. The summed E-state index contributed by atoms with van der Waals surface area (Å²) in [5.41, 5.74) is 2.07. The molecule has 4 nitrogen and oxygen atoms in total. The van der Waals surface area contributed by atoms with Gasteiger partial charge in [-0.1, -0.05) is 60.7 Å². The van der Waals surface area contributed by atoms with Gasteiger partial charge in [-0.3, -0.25) is 0 Å². The van der Waals surface area contributed by atoms with Gasteiger partial charge in [0.1, 0.15) is 11.7 Å². The van der Waals surface area contributed by atoms with E-state index in [2.05, 4.69) is 12.1 Å². The third kappa shape index (κ3) is 2.81. The van der Waals surface area contributed by atoms with Crippen molar-refractivity contribution >= 4 is 5.57 Å². The largest absolute Gasteiger partial charge is 0.493 e. The topological polar surface area (TPSA) is 36.9 Å². The molecule has 0 saturated carbocycles. The van der Waals surface area contributed by atoms with Crippen molar-refractivity contribution in [1.82, 2.24) is 0 Å². The van der Waals surface area contributed by atoms with E-state index in [0.29, 0.717) is 11.5 Å². The molecule has 1 aliphatic carbocycles. The first-order valence-electron chi connectivity index (χ1n) is 8.46. The van der Waals surface area contributed by atoms with Crippen molar-refractivity contribution in [3.05, 3.63) is 77.9 Å². The van der Waals surface area contributed by atoms with E-state index in [4.69, 9.17) is 18.9 Å². The van der Waals surface area contributed by atoms with Gasteiger partial charge in [-0.15, -0.1) is 0 Å². The molecule has 136 valence electrons. The summed E-state index contributed by atoms with van der Waals surface area (Å²) in [5.74, 6) is 1.34. The first-order valence-corrected chi connectivity index (χ1v) is 8.46. The third-order valence-electron chi connectivity index (χ3n) is 4.82. The zero-order valence-corrected chi connectivity index (χ0v) is 15.6. The Labute approximate surface area is 154 Å². The summed E-state index contributed by atoms with van der Waals surface area (Å²) >= 11 is 0. The van der Waals surface area contributed by atoms with Gasteiger partial charge in [0.2, 0.25) is 0 Å². The van der Waals surface area contributed by atoms with Crippen LogP contribution < -0.4 is 9.47 Å². The van der Waals surface area contributed by atoms with Gasteiger partial charge in [-0.25, -0.2) is 0 Å². The van der Waals surface area contributed by atoms with Crippen molar-refractivity contribution in [2.24, 2.45) is 0 Å². The highest BCUT2D eigenvalue weighted by Gasteiger charge is 2.46. The molecule has 2 unspecified atom stereocenters. The van der Waals surface area contributed by atoms with Crippen molar-refractivity contribution in [2.45, 2.75) is 11.7 Å². The Morgan fingerprint density at radius 3 is 2.23 bits per heavy atom. The Morgan fingerprint density at radius 1 is 0.846 bits per heavy atom. The van der Waals surface area contributed by atoms with E-state index in [1.807, 2.05) is 54.6 Å². The SMILES string of the molecule is COc1cccc(C2=CC=CC(OC)C2(OC)c2ccccc2)c1OC. The number of methoxy groups -OCH3 is 4. The fraction of sp³-hybridized carbons (Fsp3) is 0.273. The average Bonchev–Trinajstić information content (AvgIpc) is 2.72. The second-order valence-corrected chi connectivity index (χ2v) is 5.97. The van der Waals surface area contributed by atoms with E-state index in [9.17, 15) is 0 Å². The Balaban J connectivity index is 2.28. The molecular formula is C22H24O4. The molecule has 2 atom stereocenters. The van der Waals surface area contributed by atoms with Crippen LogP contribution in [0.1, 0.15) is 11.1 Å². The maximum Gasteiger partial charge on any atom is 0.168 e. The lowest BCUT2D eigenvalue weighted by atomic mass is 9.75. The van der Waals surface area contributed by atoms with Crippen molar-refractivity contribution in [3.63, 3.8) is 0 Å². The van der Waals surface area contributed by atoms with Crippen LogP contribution in [0.3, 0.4) is 0 Å². The number of allylic oxidation sites excluding steroid dienone is 2. The molecule has 1 aliphatic rings. The Hall–Kier alpha value is -2.56. The highest BCUT2D eigenvalue weighted by atomic mass is 16.5. The summed E-state index contributed by atoms with van der Waals surface area (Å²) in [6, 6.07) is 15.9. The number of hydrogen-bond acceptors (Lipinski definition) is 4. The van der Waals surface area contributed by atoms with Crippen LogP contribution in [0.5, 0.6) is 11.5 Å². The fourth-order valence-corrected chi connectivity index (χ4v) is 3.65. The molecule has 0 spiro atoms. The summed E-state index contributed by atoms with van der Waals surface area (Å²) in [4.78, 5) is 0. The zero-order chi connectivity index (χ0) is 18.6. The molecular weight excluding hydrogens is 328 g/mol. The van der Waals surface area contributed by atoms with Crippen LogP contribution in [0.2, 0.25) is 0 Å². The zero-order valence-electron chi connectivity index (χ0n) is 15.6. The van der Waals surface area contributed by atoms with Crippen LogP contribution in [0.15, 0.2) is 66.8 Å².